The van der Waals surface area contributed by atoms with Crippen LogP contribution in [-0.2, 0) is 9.59 Å². The zero-order valence-electron chi connectivity index (χ0n) is 12.5. The van der Waals surface area contributed by atoms with Crippen LogP contribution in [-0.4, -0.2) is 28.1 Å². The van der Waals surface area contributed by atoms with E-state index in [0.29, 0.717) is 12.8 Å². The van der Waals surface area contributed by atoms with Crippen molar-refractivity contribution in [2.45, 2.75) is 71.3 Å². The Kier molecular flexibility index (Phi) is 4.24. The van der Waals surface area contributed by atoms with Crippen LogP contribution in [0.3, 0.4) is 0 Å². The van der Waals surface area contributed by atoms with E-state index in [0.717, 1.165) is 6.42 Å². The molecule has 0 aromatic rings. The van der Waals surface area contributed by atoms with Crippen LogP contribution in [0.25, 0.3) is 0 Å². The van der Waals surface area contributed by atoms with E-state index in [2.05, 4.69) is 6.92 Å². The average Bonchev–Trinajstić information content (AvgIpc) is 3.03. The molecule has 0 aliphatic heterocycles. The largest absolute Gasteiger partial charge is 0.479 e. The number of hydrogen-bond acceptors (Lipinski definition) is 3. The normalized spacial score (nSPS) is 25.9. The van der Waals surface area contributed by atoms with E-state index in [1.165, 1.54) is 25.7 Å². The molecule has 0 aromatic carbocycles. The summed E-state index contributed by atoms with van der Waals surface area (Å²) in [6.07, 6.45) is 5.90. The maximum absolute atomic E-state index is 12.4. The quantitative estimate of drug-likeness (QED) is 0.753. The highest BCUT2D eigenvalue weighted by molar-refractivity contribution is 5.83. The Morgan fingerprint density at radius 3 is 2.15 bits per heavy atom. The van der Waals surface area contributed by atoms with Gasteiger partial charge in [-0.15, -0.1) is 0 Å². The summed E-state index contributed by atoms with van der Waals surface area (Å²) in [7, 11) is 0. The number of hydrogen-bond donors (Lipinski definition) is 2. The Bertz CT molecular complexity index is 391. The van der Waals surface area contributed by atoms with Gasteiger partial charge < -0.3 is 10.2 Å². The van der Waals surface area contributed by atoms with Crippen LogP contribution in [0.4, 0.5) is 0 Å². The molecule has 2 fully saturated rings. The van der Waals surface area contributed by atoms with Crippen molar-refractivity contribution in [2.24, 2.45) is 16.7 Å². The first-order valence-corrected chi connectivity index (χ1v) is 7.72. The van der Waals surface area contributed by atoms with Gasteiger partial charge in [0, 0.05) is 17.8 Å². The molecular formula is C16H26O4. The third kappa shape index (κ3) is 3.22. The fourth-order valence-electron chi connectivity index (χ4n) is 3.78. The molecule has 0 heterocycles. The van der Waals surface area contributed by atoms with Crippen LogP contribution < -0.4 is 0 Å². The molecule has 4 heteroatoms. The number of ketones is 1. The minimum atomic E-state index is -1.39. The van der Waals surface area contributed by atoms with Crippen molar-refractivity contribution in [1.29, 1.82) is 0 Å². The summed E-state index contributed by atoms with van der Waals surface area (Å²) < 4.78 is 0. The zero-order valence-corrected chi connectivity index (χ0v) is 12.5. The minimum Gasteiger partial charge on any atom is -0.479 e. The van der Waals surface area contributed by atoms with E-state index < -0.39 is 17.5 Å². The summed E-state index contributed by atoms with van der Waals surface area (Å²) in [5, 5.41) is 18.6. The van der Waals surface area contributed by atoms with Gasteiger partial charge in [-0.25, -0.2) is 4.79 Å². The van der Waals surface area contributed by atoms with Crippen molar-refractivity contribution in [3.63, 3.8) is 0 Å². The lowest BCUT2D eigenvalue weighted by atomic mass is 9.77. The molecular weight excluding hydrogens is 256 g/mol. The van der Waals surface area contributed by atoms with Gasteiger partial charge in [-0.1, -0.05) is 26.7 Å². The number of carboxylic acids is 1. The Labute approximate surface area is 120 Å². The molecule has 0 bridgehead atoms. The first-order chi connectivity index (χ1) is 9.28. The van der Waals surface area contributed by atoms with Gasteiger partial charge in [0.15, 0.2) is 6.10 Å². The second-order valence-corrected chi connectivity index (χ2v) is 7.37. The third-order valence-corrected chi connectivity index (χ3v) is 5.39. The van der Waals surface area contributed by atoms with Gasteiger partial charge in [-0.05, 0) is 37.5 Å². The molecule has 0 spiro atoms. The van der Waals surface area contributed by atoms with E-state index in [-0.39, 0.29) is 23.5 Å². The van der Waals surface area contributed by atoms with Gasteiger partial charge in [0.05, 0.1) is 0 Å². The number of rotatable bonds is 7. The van der Waals surface area contributed by atoms with Gasteiger partial charge in [-0.2, -0.15) is 0 Å². The average molecular weight is 282 g/mol. The first-order valence-electron chi connectivity index (χ1n) is 7.72. The van der Waals surface area contributed by atoms with E-state index >= 15 is 0 Å². The van der Waals surface area contributed by atoms with Crippen LogP contribution in [0.2, 0.25) is 0 Å². The number of carbonyl (C=O) groups is 2. The lowest BCUT2D eigenvalue weighted by Gasteiger charge is -2.28. The molecule has 20 heavy (non-hydrogen) atoms. The molecule has 2 aliphatic rings. The van der Waals surface area contributed by atoms with Gasteiger partial charge >= 0.3 is 5.97 Å². The number of aliphatic hydroxyl groups is 1. The maximum atomic E-state index is 12.4. The van der Waals surface area contributed by atoms with Crippen molar-refractivity contribution >= 4 is 11.8 Å². The molecule has 0 radical (unpaired) electrons. The standard InChI is InChI=1S/C16H26O4/c1-11(9-15(2)5-3-4-6-15)12(17)10-16(7-8-16)13(18)14(19)20/h11,13,18H,3-10H2,1-2H3,(H,19,20)/t11-,13?/m0/s1. The van der Waals surface area contributed by atoms with E-state index in [1.54, 1.807) is 0 Å². The molecule has 2 aliphatic carbocycles. The van der Waals surface area contributed by atoms with Gasteiger partial charge in [0.1, 0.15) is 5.78 Å². The predicted molar refractivity (Wildman–Crippen MR) is 75.3 cm³/mol. The number of Topliss-reactive ketones (excluding diaryl/α,β-unsaturated/α-hetero) is 1. The summed E-state index contributed by atoms with van der Waals surface area (Å²) in [6.45, 7) is 4.21. The molecule has 0 saturated heterocycles. The highest BCUT2D eigenvalue weighted by atomic mass is 16.4. The zero-order chi connectivity index (χ0) is 15.0. The molecule has 2 N–H and O–H groups in total. The highest BCUT2D eigenvalue weighted by Gasteiger charge is 2.53. The number of carboxylic acid groups (broad SMARTS) is 1. The molecule has 2 rings (SSSR count). The first kappa shape index (κ1) is 15.5. The van der Waals surface area contributed by atoms with Crippen LogP contribution in [0, 0.1) is 16.7 Å². The van der Waals surface area contributed by atoms with Crippen molar-refractivity contribution < 1.29 is 19.8 Å². The fraction of sp³-hybridized carbons (Fsp3) is 0.875. The monoisotopic (exact) mass is 282 g/mol. The molecule has 0 aromatic heterocycles. The predicted octanol–water partition coefficient (Wildman–Crippen LogP) is 2.78. The smallest absolute Gasteiger partial charge is 0.333 e. The minimum absolute atomic E-state index is 0.0310. The van der Waals surface area contributed by atoms with Crippen molar-refractivity contribution in [1.82, 2.24) is 0 Å². The lowest BCUT2D eigenvalue weighted by Crippen LogP contribution is -2.34. The summed E-state index contributed by atoms with van der Waals surface area (Å²) >= 11 is 0. The lowest BCUT2D eigenvalue weighted by molar-refractivity contribution is -0.151. The Morgan fingerprint density at radius 2 is 1.70 bits per heavy atom. The van der Waals surface area contributed by atoms with Gasteiger partial charge in [0.2, 0.25) is 0 Å². The van der Waals surface area contributed by atoms with E-state index in [4.69, 9.17) is 5.11 Å². The SMILES string of the molecule is C[C@@H](CC1(C)CCCC1)C(=O)CC1(C(O)C(=O)O)CC1. The Balaban J connectivity index is 1.90. The van der Waals surface area contributed by atoms with Crippen LogP contribution in [0.15, 0.2) is 0 Å². The summed E-state index contributed by atoms with van der Waals surface area (Å²) in [4.78, 5) is 23.3. The molecule has 2 atom stereocenters. The van der Waals surface area contributed by atoms with E-state index in [9.17, 15) is 14.7 Å². The molecule has 2 saturated carbocycles. The number of aliphatic hydroxyl groups excluding tert-OH is 1. The molecule has 0 amide bonds. The maximum Gasteiger partial charge on any atom is 0.333 e. The van der Waals surface area contributed by atoms with Crippen LogP contribution in [0.1, 0.15) is 65.2 Å². The molecule has 4 nitrogen and oxygen atoms in total. The van der Waals surface area contributed by atoms with E-state index in [1.807, 2.05) is 6.92 Å². The van der Waals surface area contributed by atoms with Crippen LogP contribution >= 0.6 is 0 Å². The van der Waals surface area contributed by atoms with Crippen molar-refractivity contribution in [2.75, 3.05) is 0 Å². The highest BCUT2D eigenvalue weighted by Crippen LogP contribution is 2.53. The second-order valence-electron chi connectivity index (χ2n) is 7.37. The second kappa shape index (κ2) is 5.47. The van der Waals surface area contributed by atoms with Crippen LogP contribution in [0.5, 0.6) is 0 Å². The summed E-state index contributed by atoms with van der Waals surface area (Å²) in [5.41, 5.74) is -0.398. The third-order valence-electron chi connectivity index (χ3n) is 5.39. The number of carbonyl (C=O) groups excluding carboxylic acids is 1. The topological polar surface area (TPSA) is 74.6 Å². The fourth-order valence-corrected chi connectivity index (χ4v) is 3.78. The Morgan fingerprint density at radius 1 is 1.15 bits per heavy atom. The molecule has 114 valence electrons. The van der Waals surface area contributed by atoms with Crippen molar-refractivity contribution in [3.8, 4) is 0 Å². The number of aliphatic carboxylic acids is 1. The Hall–Kier alpha value is -0.900. The van der Waals surface area contributed by atoms with Crippen molar-refractivity contribution in [3.05, 3.63) is 0 Å². The van der Waals surface area contributed by atoms with Gasteiger partial charge in [-0.3, -0.25) is 4.79 Å². The molecule has 1 unspecified atom stereocenters. The van der Waals surface area contributed by atoms with Gasteiger partial charge in [0.25, 0.3) is 0 Å². The summed E-state index contributed by atoms with van der Waals surface area (Å²) in [5.74, 6) is -1.11. The summed E-state index contributed by atoms with van der Waals surface area (Å²) in [6, 6.07) is 0.